The lowest BCUT2D eigenvalue weighted by atomic mass is 10.1. The predicted molar refractivity (Wildman–Crippen MR) is 45.7 cm³/mol. The first kappa shape index (κ1) is 7.53. The largest absolute Gasteiger partial charge is 0.315 e. The molecule has 2 aliphatic rings. The number of hydrogen-bond donors (Lipinski definition) is 2. The first-order valence-corrected chi connectivity index (χ1v) is 4.62. The summed E-state index contributed by atoms with van der Waals surface area (Å²) < 4.78 is 0. The van der Waals surface area contributed by atoms with Crippen molar-refractivity contribution in [2.45, 2.75) is 12.5 Å². The molecule has 0 atom stereocenters. The van der Waals surface area contributed by atoms with Crippen molar-refractivity contribution in [2.75, 3.05) is 39.3 Å². The van der Waals surface area contributed by atoms with Gasteiger partial charge in [0.25, 0.3) is 0 Å². The third-order valence-electron chi connectivity index (χ3n) is 2.65. The second kappa shape index (κ2) is 3.52. The quantitative estimate of drug-likeness (QED) is 0.522. The standard InChI is InChI=1S/C8H17N3/c1-2-9-3-5-11(4-1)8-6-10-7-8/h8-10H,1-7H2. The number of nitrogens with one attached hydrogen (secondary N) is 2. The minimum Gasteiger partial charge on any atom is -0.315 e. The minimum atomic E-state index is 0.842. The van der Waals surface area contributed by atoms with E-state index in [1.807, 2.05) is 0 Å². The molecule has 0 saturated carbocycles. The van der Waals surface area contributed by atoms with Gasteiger partial charge in [0.05, 0.1) is 0 Å². The summed E-state index contributed by atoms with van der Waals surface area (Å²) in [5, 5.41) is 6.74. The fraction of sp³-hybridized carbons (Fsp3) is 1.00. The van der Waals surface area contributed by atoms with E-state index in [0.717, 1.165) is 6.04 Å². The average molecular weight is 155 g/mol. The van der Waals surface area contributed by atoms with Gasteiger partial charge in [-0.05, 0) is 19.5 Å². The summed E-state index contributed by atoms with van der Waals surface area (Å²) in [5.41, 5.74) is 0. The van der Waals surface area contributed by atoms with E-state index >= 15 is 0 Å². The molecular weight excluding hydrogens is 138 g/mol. The van der Waals surface area contributed by atoms with Crippen LogP contribution in [0.3, 0.4) is 0 Å². The topological polar surface area (TPSA) is 27.3 Å². The van der Waals surface area contributed by atoms with Crippen LogP contribution in [0.5, 0.6) is 0 Å². The van der Waals surface area contributed by atoms with E-state index in [1.165, 1.54) is 45.7 Å². The fourth-order valence-corrected chi connectivity index (χ4v) is 1.76. The highest BCUT2D eigenvalue weighted by atomic mass is 15.2. The van der Waals surface area contributed by atoms with Crippen LogP contribution in [0, 0.1) is 0 Å². The SMILES string of the molecule is C1CNCCN(C2CNC2)C1. The number of hydrogen-bond acceptors (Lipinski definition) is 3. The van der Waals surface area contributed by atoms with E-state index in [-0.39, 0.29) is 0 Å². The van der Waals surface area contributed by atoms with Crippen LogP contribution in [0.1, 0.15) is 6.42 Å². The van der Waals surface area contributed by atoms with Gasteiger partial charge in [0.1, 0.15) is 0 Å². The molecule has 2 fully saturated rings. The van der Waals surface area contributed by atoms with Crippen molar-refractivity contribution in [3.8, 4) is 0 Å². The molecule has 0 radical (unpaired) electrons. The highest BCUT2D eigenvalue weighted by molar-refractivity contribution is 4.85. The maximum absolute atomic E-state index is 3.42. The predicted octanol–water partition coefficient (Wildman–Crippen LogP) is -0.746. The van der Waals surface area contributed by atoms with Crippen LogP contribution < -0.4 is 10.6 Å². The maximum Gasteiger partial charge on any atom is 0.0345 e. The molecule has 0 aromatic carbocycles. The third kappa shape index (κ3) is 1.72. The van der Waals surface area contributed by atoms with Gasteiger partial charge in [-0.2, -0.15) is 0 Å². The zero-order chi connectivity index (χ0) is 7.52. The molecule has 0 bridgehead atoms. The van der Waals surface area contributed by atoms with Gasteiger partial charge >= 0.3 is 0 Å². The Kier molecular flexibility index (Phi) is 2.41. The molecule has 3 heteroatoms. The van der Waals surface area contributed by atoms with E-state index in [2.05, 4.69) is 15.5 Å². The lowest BCUT2D eigenvalue weighted by Crippen LogP contribution is -2.57. The van der Waals surface area contributed by atoms with Gasteiger partial charge in [0, 0.05) is 32.2 Å². The lowest BCUT2D eigenvalue weighted by molar-refractivity contribution is 0.155. The molecule has 0 aromatic rings. The lowest BCUT2D eigenvalue weighted by Gasteiger charge is -2.37. The summed E-state index contributed by atoms with van der Waals surface area (Å²) in [7, 11) is 0. The zero-order valence-corrected chi connectivity index (χ0v) is 6.97. The Morgan fingerprint density at radius 3 is 2.64 bits per heavy atom. The van der Waals surface area contributed by atoms with Gasteiger partial charge in [-0.3, -0.25) is 4.90 Å². The van der Waals surface area contributed by atoms with E-state index in [0.29, 0.717) is 0 Å². The van der Waals surface area contributed by atoms with Crippen LogP contribution in [0.4, 0.5) is 0 Å². The van der Waals surface area contributed by atoms with Crippen LogP contribution in [0.15, 0.2) is 0 Å². The minimum absolute atomic E-state index is 0.842. The molecule has 64 valence electrons. The molecule has 2 saturated heterocycles. The summed E-state index contributed by atoms with van der Waals surface area (Å²) in [6.07, 6.45) is 1.32. The Morgan fingerprint density at radius 1 is 1.00 bits per heavy atom. The molecule has 2 heterocycles. The van der Waals surface area contributed by atoms with E-state index in [1.54, 1.807) is 0 Å². The number of nitrogens with zero attached hydrogens (tertiary/aromatic N) is 1. The van der Waals surface area contributed by atoms with Crippen molar-refractivity contribution in [2.24, 2.45) is 0 Å². The zero-order valence-electron chi connectivity index (χ0n) is 6.97. The summed E-state index contributed by atoms with van der Waals surface area (Å²) >= 11 is 0. The molecule has 0 aliphatic carbocycles. The maximum atomic E-state index is 3.42. The number of rotatable bonds is 1. The van der Waals surface area contributed by atoms with Crippen molar-refractivity contribution in [1.82, 2.24) is 15.5 Å². The Bertz CT molecular complexity index is 115. The van der Waals surface area contributed by atoms with Gasteiger partial charge in [-0.1, -0.05) is 0 Å². The summed E-state index contributed by atoms with van der Waals surface area (Å²) in [6.45, 7) is 7.33. The van der Waals surface area contributed by atoms with Crippen LogP contribution in [0.2, 0.25) is 0 Å². The summed E-state index contributed by atoms with van der Waals surface area (Å²) in [5.74, 6) is 0. The molecule has 0 spiro atoms. The Hall–Kier alpha value is -0.120. The van der Waals surface area contributed by atoms with Crippen LogP contribution in [-0.2, 0) is 0 Å². The Balaban J connectivity index is 1.80. The van der Waals surface area contributed by atoms with Crippen molar-refractivity contribution in [1.29, 1.82) is 0 Å². The third-order valence-corrected chi connectivity index (χ3v) is 2.65. The van der Waals surface area contributed by atoms with Crippen LogP contribution >= 0.6 is 0 Å². The van der Waals surface area contributed by atoms with Crippen LogP contribution in [0.25, 0.3) is 0 Å². The molecule has 3 nitrogen and oxygen atoms in total. The average Bonchev–Trinajstić information content (AvgIpc) is 2.12. The van der Waals surface area contributed by atoms with Gasteiger partial charge in [-0.25, -0.2) is 0 Å². The Labute approximate surface area is 68.1 Å². The molecule has 11 heavy (non-hydrogen) atoms. The molecule has 2 N–H and O–H groups in total. The van der Waals surface area contributed by atoms with Gasteiger partial charge in [0.2, 0.25) is 0 Å². The first-order chi connectivity index (χ1) is 5.47. The van der Waals surface area contributed by atoms with Gasteiger partial charge in [-0.15, -0.1) is 0 Å². The Morgan fingerprint density at radius 2 is 1.91 bits per heavy atom. The molecule has 2 rings (SSSR count). The van der Waals surface area contributed by atoms with E-state index in [9.17, 15) is 0 Å². The molecule has 0 unspecified atom stereocenters. The summed E-state index contributed by atoms with van der Waals surface area (Å²) in [4.78, 5) is 2.61. The molecule has 0 amide bonds. The van der Waals surface area contributed by atoms with Crippen molar-refractivity contribution in [3.63, 3.8) is 0 Å². The monoisotopic (exact) mass is 155 g/mol. The second-order valence-corrected chi connectivity index (χ2v) is 3.45. The van der Waals surface area contributed by atoms with Gasteiger partial charge in [0.15, 0.2) is 0 Å². The first-order valence-electron chi connectivity index (χ1n) is 4.62. The van der Waals surface area contributed by atoms with Crippen molar-refractivity contribution in [3.05, 3.63) is 0 Å². The van der Waals surface area contributed by atoms with Crippen molar-refractivity contribution >= 4 is 0 Å². The van der Waals surface area contributed by atoms with Crippen molar-refractivity contribution < 1.29 is 0 Å². The normalized spacial score (nSPS) is 29.5. The highest BCUT2D eigenvalue weighted by Gasteiger charge is 2.24. The summed E-state index contributed by atoms with van der Waals surface area (Å²) in [6, 6.07) is 0.842. The van der Waals surface area contributed by atoms with Crippen LogP contribution in [-0.4, -0.2) is 50.2 Å². The molecule has 0 aromatic heterocycles. The second-order valence-electron chi connectivity index (χ2n) is 3.45. The fourth-order valence-electron chi connectivity index (χ4n) is 1.76. The highest BCUT2D eigenvalue weighted by Crippen LogP contribution is 2.06. The van der Waals surface area contributed by atoms with E-state index in [4.69, 9.17) is 0 Å². The molecular formula is C8H17N3. The smallest absolute Gasteiger partial charge is 0.0345 e. The molecule has 2 aliphatic heterocycles. The van der Waals surface area contributed by atoms with E-state index < -0.39 is 0 Å². The van der Waals surface area contributed by atoms with Gasteiger partial charge < -0.3 is 10.6 Å².